The molecule has 0 aliphatic heterocycles. The van der Waals surface area contributed by atoms with E-state index >= 15 is 0 Å². The highest BCUT2D eigenvalue weighted by Crippen LogP contribution is 2.23. The Hall–Kier alpha value is -1.39. The molecule has 1 atom stereocenters. The maximum Gasteiger partial charge on any atom is 0.234 e. The van der Waals surface area contributed by atoms with E-state index in [-0.39, 0.29) is 11.8 Å². The number of nitrogens with one attached hydrogen (secondary N) is 1. The Labute approximate surface area is 121 Å². The molecule has 0 aliphatic rings. The summed E-state index contributed by atoms with van der Waals surface area (Å²) in [4.78, 5) is 16.5. The highest BCUT2D eigenvalue weighted by molar-refractivity contribution is 7.09. The summed E-state index contributed by atoms with van der Waals surface area (Å²) in [7, 11) is 0. The Morgan fingerprint density at radius 2 is 2.21 bits per heavy atom. The molecule has 1 aromatic carbocycles. The standard InChI is InChI=1S/C14H15ClN2OS/c1-9-5-3-4-6-12(9)17-13(18)10(2)14-16-11(7-15)8-19-14/h3-6,8,10H,7H2,1-2H3,(H,17,18). The van der Waals surface area contributed by atoms with Crippen molar-refractivity contribution in [2.75, 3.05) is 5.32 Å². The molecule has 0 fully saturated rings. The van der Waals surface area contributed by atoms with Crippen molar-refractivity contribution in [1.29, 1.82) is 0 Å². The number of amides is 1. The van der Waals surface area contributed by atoms with E-state index in [1.807, 2.05) is 43.5 Å². The molecule has 2 aromatic rings. The van der Waals surface area contributed by atoms with Crippen molar-refractivity contribution >= 4 is 34.5 Å². The number of aryl methyl sites for hydroxylation is 1. The lowest BCUT2D eigenvalue weighted by molar-refractivity contribution is -0.117. The van der Waals surface area contributed by atoms with Crippen molar-refractivity contribution < 1.29 is 4.79 Å². The van der Waals surface area contributed by atoms with Crippen LogP contribution in [0.5, 0.6) is 0 Å². The third kappa shape index (κ3) is 3.33. The molecule has 0 radical (unpaired) electrons. The second-order valence-electron chi connectivity index (χ2n) is 4.34. The number of carbonyl (C=O) groups is 1. The molecule has 100 valence electrons. The van der Waals surface area contributed by atoms with E-state index in [1.165, 1.54) is 11.3 Å². The van der Waals surface area contributed by atoms with Gasteiger partial charge in [-0.1, -0.05) is 18.2 Å². The largest absolute Gasteiger partial charge is 0.325 e. The van der Waals surface area contributed by atoms with Gasteiger partial charge in [-0.3, -0.25) is 4.79 Å². The van der Waals surface area contributed by atoms with Crippen LogP contribution in [0.3, 0.4) is 0 Å². The summed E-state index contributed by atoms with van der Waals surface area (Å²) >= 11 is 7.19. The number of anilines is 1. The Morgan fingerprint density at radius 3 is 2.84 bits per heavy atom. The van der Waals surface area contributed by atoms with E-state index in [1.54, 1.807) is 0 Å². The molecule has 0 saturated carbocycles. The van der Waals surface area contributed by atoms with E-state index in [9.17, 15) is 4.79 Å². The molecular formula is C14H15ClN2OS. The Kier molecular flexibility index (Phi) is 4.56. The molecule has 1 aromatic heterocycles. The van der Waals surface area contributed by atoms with E-state index in [0.29, 0.717) is 5.88 Å². The molecule has 3 nitrogen and oxygen atoms in total. The van der Waals surface area contributed by atoms with Crippen molar-refractivity contribution in [3.05, 3.63) is 45.9 Å². The summed E-state index contributed by atoms with van der Waals surface area (Å²) in [6.45, 7) is 3.82. The Bertz CT molecular complexity index is 582. The number of para-hydroxylation sites is 1. The number of hydrogen-bond donors (Lipinski definition) is 1. The molecule has 1 unspecified atom stereocenters. The van der Waals surface area contributed by atoms with Crippen LogP contribution in [-0.2, 0) is 10.7 Å². The first-order chi connectivity index (χ1) is 9.11. The predicted molar refractivity (Wildman–Crippen MR) is 79.9 cm³/mol. The van der Waals surface area contributed by atoms with Gasteiger partial charge in [0.25, 0.3) is 0 Å². The second kappa shape index (κ2) is 6.17. The normalized spacial score (nSPS) is 12.2. The molecule has 0 saturated heterocycles. The lowest BCUT2D eigenvalue weighted by Gasteiger charge is -2.11. The molecule has 0 aliphatic carbocycles. The molecule has 0 spiro atoms. The van der Waals surface area contributed by atoms with Gasteiger partial charge in [-0.25, -0.2) is 4.98 Å². The van der Waals surface area contributed by atoms with Gasteiger partial charge in [-0.2, -0.15) is 0 Å². The zero-order chi connectivity index (χ0) is 13.8. The SMILES string of the molecule is Cc1ccccc1NC(=O)C(C)c1nc(CCl)cs1. The minimum Gasteiger partial charge on any atom is -0.325 e. The van der Waals surface area contributed by atoms with Crippen molar-refractivity contribution in [2.24, 2.45) is 0 Å². The van der Waals surface area contributed by atoms with Gasteiger partial charge < -0.3 is 5.32 Å². The average Bonchev–Trinajstić information content (AvgIpc) is 2.89. The van der Waals surface area contributed by atoms with E-state index in [0.717, 1.165) is 22.0 Å². The van der Waals surface area contributed by atoms with Crippen LogP contribution >= 0.6 is 22.9 Å². The van der Waals surface area contributed by atoms with Gasteiger partial charge in [0.1, 0.15) is 5.01 Å². The third-order valence-electron chi connectivity index (χ3n) is 2.87. The number of benzene rings is 1. The van der Waals surface area contributed by atoms with Crippen LogP contribution in [0.15, 0.2) is 29.6 Å². The third-order valence-corrected chi connectivity index (χ3v) is 4.22. The van der Waals surface area contributed by atoms with Gasteiger partial charge in [0.15, 0.2) is 0 Å². The lowest BCUT2D eigenvalue weighted by Crippen LogP contribution is -2.19. The summed E-state index contributed by atoms with van der Waals surface area (Å²) in [5.41, 5.74) is 2.70. The quantitative estimate of drug-likeness (QED) is 0.868. The van der Waals surface area contributed by atoms with Crippen LogP contribution in [0.1, 0.15) is 29.1 Å². The number of alkyl halides is 1. The highest BCUT2D eigenvalue weighted by atomic mass is 35.5. The van der Waals surface area contributed by atoms with Gasteiger partial charge in [0, 0.05) is 11.1 Å². The maximum atomic E-state index is 12.2. The van der Waals surface area contributed by atoms with Crippen molar-refractivity contribution in [3.63, 3.8) is 0 Å². The Balaban J connectivity index is 2.09. The second-order valence-corrected chi connectivity index (χ2v) is 5.49. The highest BCUT2D eigenvalue weighted by Gasteiger charge is 2.19. The fourth-order valence-electron chi connectivity index (χ4n) is 1.65. The first-order valence-corrected chi connectivity index (χ1v) is 7.40. The number of carbonyl (C=O) groups excluding carboxylic acids is 1. The van der Waals surface area contributed by atoms with Gasteiger partial charge in [0.2, 0.25) is 5.91 Å². The van der Waals surface area contributed by atoms with Gasteiger partial charge in [0.05, 0.1) is 17.5 Å². The van der Waals surface area contributed by atoms with Crippen molar-refractivity contribution in [2.45, 2.75) is 25.6 Å². The number of halogens is 1. The lowest BCUT2D eigenvalue weighted by atomic mass is 10.1. The van der Waals surface area contributed by atoms with E-state index < -0.39 is 0 Å². The fourth-order valence-corrected chi connectivity index (χ4v) is 2.75. The molecule has 5 heteroatoms. The van der Waals surface area contributed by atoms with Gasteiger partial charge >= 0.3 is 0 Å². The predicted octanol–water partition coefficient (Wildman–Crippen LogP) is 3.93. The van der Waals surface area contributed by atoms with Gasteiger partial charge in [-0.15, -0.1) is 22.9 Å². The van der Waals surface area contributed by atoms with E-state index in [2.05, 4.69) is 10.3 Å². The smallest absolute Gasteiger partial charge is 0.234 e. The molecule has 19 heavy (non-hydrogen) atoms. The average molecular weight is 295 g/mol. The Morgan fingerprint density at radius 1 is 1.47 bits per heavy atom. The molecular weight excluding hydrogens is 280 g/mol. The first kappa shape index (κ1) is 14.0. The minimum atomic E-state index is -0.276. The fraction of sp³-hybridized carbons (Fsp3) is 0.286. The first-order valence-electron chi connectivity index (χ1n) is 5.98. The number of hydrogen-bond acceptors (Lipinski definition) is 3. The zero-order valence-electron chi connectivity index (χ0n) is 10.8. The topological polar surface area (TPSA) is 42.0 Å². The van der Waals surface area contributed by atoms with Crippen LogP contribution in [0.4, 0.5) is 5.69 Å². The van der Waals surface area contributed by atoms with Crippen molar-refractivity contribution in [3.8, 4) is 0 Å². The summed E-state index contributed by atoms with van der Waals surface area (Å²) in [5, 5.41) is 5.61. The summed E-state index contributed by atoms with van der Waals surface area (Å²) in [5.74, 6) is 0.0502. The van der Waals surface area contributed by atoms with Crippen LogP contribution in [0.25, 0.3) is 0 Å². The monoisotopic (exact) mass is 294 g/mol. The summed E-state index contributed by atoms with van der Waals surface area (Å²) in [6.07, 6.45) is 0. The van der Waals surface area contributed by atoms with Crippen LogP contribution in [-0.4, -0.2) is 10.9 Å². The van der Waals surface area contributed by atoms with Crippen LogP contribution < -0.4 is 5.32 Å². The molecule has 2 rings (SSSR count). The molecule has 1 amide bonds. The molecule has 1 N–H and O–H groups in total. The summed E-state index contributed by atoms with van der Waals surface area (Å²) in [6, 6.07) is 7.71. The van der Waals surface area contributed by atoms with E-state index in [4.69, 9.17) is 11.6 Å². The molecule has 1 heterocycles. The minimum absolute atomic E-state index is 0.0511. The number of aromatic nitrogens is 1. The van der Waals surface area contributed by atoms with Crippen LogP contribution in [0.2, 0.25) is 0 Å². The summed E-state index contributed by atoms with van der Waals surface area (Å²) < 4.78 is 0. The van der Waals surface area contributed by atoms with Crippen molar-refractivity contribution in [1.82, 2.24) is 4.98 Å². The number of nitrogens with zero attached hydrogens (tertiary/aromatic N) is 1. The zero-order valence-corrected chi connectivity index (χ0v) is 12.4. The molecule has 0 bridgehead atoms. The maximum absolute atomic E-state index is 12.2. The van der Waals surface area contributed by atoms with Crippen LogP contribution in [0, 0.1) is 6.92 Å². The number of rotatable bonds is 4. The number of thiazole rings is 1. The van der Waals surface area contributed by atoms with Gasteiger partial charge in [-0.05, 0) is 25.5 Å².